The molecular weight excluding hydrogens is 342 g/mol. The van der Waals surface area contributed by atoms with E-state index in [0.29, 0.717) is 6.61 Å². The Morgan fingerprint density at radius 2 is 1.70 bits per heavy atom. The van der Waals surface area contributed by atoms with Crippen molar-refractivity contribution in [3.8, 4) is 5.75 Å². The lowest BCUT2D eigenvalue weighted by atomic mass is 10.1. The van der Waals surface area contributed by atoms with Crippen LogP contribution < -0.4 is 10.1 Å². The molecule has 0 aliphatic carbocycles. The Labute approximate surface area is 160 Å². The molecule has 0 saturated carbocycles. The fraction of sp³-hybridized carbons (Fsp3) is 0.273. The highest BCUT2D eigenvalue weighted by Crippen LogP contribution is 2.20. The van der Waals surface area contributed by atoms with Crippen LogP contribution in [0.25, 0.3) is 6.08 Å². The molecule has 1 atom stereocenters. The molecule has 0 bridgehead atoms. The van der Waals surface area contributed by atoms with Crippen molar-refractivity contribution in [1.29, 1.82) is 0 Å². The molecule has 0 spiro atoms. The second kappa shape index (κ2) is 9.57. The van der Waals surface area contributed by atoms with E-state index in [1.807, 2.05) is 63.2 Å². The first-order valence-electron chi connectivity index (χ1n) is 8.89. The molecule has 0 radical (unpaired) electrons. The Morgan fingerprint density at radius 3 is 2.30 bits per heavy atom. The summed E-state index contributed by atoms with van der Waals surface area (Å²) in [5.74, 6) is -0.169. The SMILES string of the molecule is CCOc1ccc(/C=C/C(=O)O[C@@H](C)C(=O)Nc2c(C)cccc2C)cc1. The lowest BCUT2D eigenvalue weighted by Crippen LogP contribution is -2.30. The summed E-state index contributed by atoms with van der Waals surface area (Å²) in [6, 6.07) is 13.1. The van der Waals surface area contributed by atoms with Crippen molar-refractivity contribution in [3.63, 3.8) is 0 Å². The van der Waals surface area contributed by atoms with Gasteiger partial charge in [-0.2, -0.15) is 0 Å². The fourth-order valence-corrected chi connectivity index (χ4v) is 2.51. The van der Waals surface area contributed by atoms with Gasteiger partial charge in [0.2, 0.25) is 0 Å². The zero-order chi connectivity index (χ0) is 19.8. The Hall–Kier alpha value is -3.08. The molecule has 2 aromatic carbocycles. The molecular formula is C22H25NO4. The normalized spacial score (nSPS) is 11.9. The van der Waals surface area contributed by atoms with Gasteiger partial charge >= 0.3 is 5.97 Å². The number of esters is 1. The van der Waals surface area contributed by atoms with Gasteiger partial charge in [-0.1, -0.05) is 30.3 Å². The van der Waals surface area contributed by atoms with E-state index in [-0.39, 0.29) is 5.91 Å². The number of amides is 1. The van der Waals surface area contributed by atoms with E-state index in [0.717, 1.165) is 28.1 Å². The van der Waals surface area contributed by atoms with Gasteiger partial charge in [0.15, 0.2) is 6.10 Å². The van der Waals surface area contributed by atoms with Crippen LogP contribution in [0, 0.1) is 13.8 Å². The van der Waals surface area contributed by atoms with Crippen molar-refractivity contribution >= 4 is 23.6 Å². The summed E-state index contributed by atoms with van der Waals surface area (Å²) in [7, 11) is 0. The van der Waals surface area contributed by atoms with Crippen LogP contribution in [-0.2, 0) is 14.3 Å². The minimum atomic E-state index is -0.901. The van der Waals surface area contributed by atoms with Crippen LogP contribution in [0.3, 0.4) is 0 Å². The van der Waals surface area contributed by atoms with Crippen LogP contribution in [0.5, 0.6) is 5.75 Å². The molecule has 1 N–H and O–H groups in total. The first kappa shape index (κ1) is 20.2. The molecule has 0 heterocycles. The first-order chi connectivity index (χ1) is 12.9. The minimum absolute atomic E-state index is 0.366. The summed E-state index contributed by atoms with van der Waals surface area (Å²) in [4.78, 5) is 24.3. The first-order valence-corrected chi connectivity index (χ1v) is 8.89. The molecule has 0 saturated heterocycles. The van der Waals surface area contributed by atoms with Crippen LogP contribution in [0.4, 0.5) is 5.69 Å². The highest BCUT2D eigenvalue weighted by Gasteiger charge is 2.18. The van der Waals surface area contributed by atoms with Gasteiger partial charge in [-0.3, -0.25) is 4.79 Å². The predicted molar refractivity (Wildman–Crippen MR) is 107 cm³/mol. The number of rotatable bonds is 7. The largest absolute Gasteiger partial charge is 0.494 e. The quantitative estimate of drug-likeness (QED) is 0.586. The van der Waals surface area contributed by atoms with E-state index in [9.17, 15) is 9.59 Å². The van der Waals surface area contributed by atoms with Crippen molar-refractivity contribution in [2.75, 3.05) is 11.9 Å². The van der Waals surface area contributed by atoms with E-state index >= 15 is 0 Å². The summed E-state index contributed by atoms with van der Waals surface area (Å²) >= 11 is 0. The molecule has 0 fully saturated rings. The number of ether oxygens (including phenoxy) is 2. The van der Waals surface area contributed by atoms with Gasteiger partial charge in [-0.25, -0.2) is 4.79 Å². The summed E-state index contributed by atoms with van der Waals surface area (Å²) in [5, 5.41) is 2.82. The van der Waals surface area contributed by atoms with Crippen LogP contribution in [0.1, 0.15) is 30.5 Å². The molecule has 2 aromatic rings. The molecule has 0 aliphatic rings. The molecule has 1 amide bonds. The summed E-state index contributed by atoms with van der Waals surface area (Å²) < 4.78 is 10.6. The number of benzene rings is 2. The summed E-state index contributed by atoms with van der Waals surface area (Å²) in [6.45, 7) is 7.90. The molecule has 5 heteroatoms. The highest BCUT2D eigenvalue weighted by atomic mass is 16.5. The van der Waals surface area contributed by atoms with Crippen molar-refractivity contribution in [3.05, 3.63) is 65.2 Å². The number of hydrogen-bond donors (Lipinski definition) is 1. The van der Waals surface area contributed by atoms with Crippen LogP contribution in [0.2, 0.25) is 0 Å². The molecule has 142 valence electrons. The molecule has 27 heavy (non-hydrogen) atoms. The Balaban J connectivity index is 1.91. The van der Waals surface area contributed by atoms with E-state index in [1.54, 1.807) is 13.0 Å². The summed E-state index contributed by atoms with van der Waals surface area (Å²) in [6.07, 6.45) is 2.04. The maximum atomic E-state index is 12.3. The van der Waals surface area contributed by atoms with Gasteiger partial charge in [0.05, 0.1) is 6.61 Å². The van der Waals surface area contributed by atoms with Crippen molar-refractivity contribution < 1.29 is 19.1 Å². The van der Waals surface area contributed by atoms with Gasteiger partial charge in [0.25, 0.3) is 5.91 Å². The van der Waals surface area contributed by atoms with Gasteiger partial charge in [-0.05, 0) is 62.6 Å². The maximum absolute atomic E-state index is 12.3. The zero-order valence-electron chi connectivity index (χ0n) is 16.1. The Morgan fingerprint density at radius 1 is 1.07 bits per heavy atom. The third-order valence-corrected chi connectivity index (χ3v) is 3.99. The van der Waals surface area contributed by atoms with E-state index in [4.69, 9.17) is 9.47 Å². The highest BCUT2D eigenvalue weighted by molar-refractivity contribution is 5.97. The topological polar surface area (TPSA) is 64.6 Å². The third kappa shape index (κ3) is 5.99. The molecule has 0 aliphatic heterocycles. The monoisotopic (exact) mass is 367 g/mol. The van der Waals surface area contributed by atoms with Crippen molar-refractivity contribution in [1.82, 2.24) is 0 Å². The number of hydrogen-bond acceptors (Lipinski definition) is 4. The average molecular weight is 367 g/mol. The maximum Gasteiger partial charge on any atom is 0.331 e. The average Bonchev–Trinajstić information content (AvgIpc) is 2.64. The predicted octanol–water partition coefficient (Wildman–Crippen LogP) is 4.29. The number of carbonyl (C=O) groups excluding carboxylic acids is 2. The van der Waals surface area contributed by atoms with E-state index < -0.39 is 12.1 Å². The molecule has 0 aromatic heterocycles. The van der Waals surface area contributed by atoms with Gasteiger partial charge in [-0.15, -0.1) is 0 Å². The third-order valence-electron chi connectivity index (χ3n) is 3.99. The Bertz CT molecular complexity index is 804. The van der Waals surface area contributed by atoms with Gasteiger partial charge in [0, 0.05) is 11.8 Å². The number of anilines is 1. The van der Waals surface area contributed by atoms with Gasteiger partial charge < -0.3 is 14.8 Å². The number of aryl methyl sites for hydroxylation is 2. The number of nitrogens with one attached hydrogen (secondary N) is 1. The van der Waals surface area contributed by atoms with Crippen molar-refractivity contribution in [2.24, 2.45) is 0 Å². The smallest absolute Gasteiger partial charge is 0.331 e. The van der Waals surface area contributed by atoms with Crippen LogP contribution in [0.15, 0.2) is 48.5 Å². The molecule has 2 rings (SSSR count). The number of carbonyl (C=O) groups is 2. The van der Waals surface area contributed by atoms with E-state index in [2.05, 4.69) is 5.32 Å². The minimum Gasteiger partial charge on any atom is -0.494 e. The van der Waals surface area contributed by atoms with E-state index in [1.165, 1.54) is 6.08 Å². The molecule has 0 unspecified atom stereocenters. The molecule has 5 nitrogen and oxygen atoms in total. The summed E-state index contributed by atoms with van der Waals surface area (Å²) in [5.41, 5.74) is 3.49. The van der Waals surface area contributed by atoms with Crippen molar-refractivity contribution in [2.45, 2.75) is 33.8 Å². The zero-order valence-corrected chi connectivity index (χ0v) is 16.1. The van der Waals surface area contributed by atoms with Crippen LogP contribution >= 0.6 is 0 Å². The van der Waals surface area contributed by atoms with Crippen LogP contribution in [-0.4, -0.2) is 24.6 Å². The number of para-hydroxylation sites is 1. The standard InChI is InChI=1S/C22H25NO4/c1-5-26-19-12-9-18(10-13-19)11-14-20(24)27-17(4)22(25)23-21-15(2)7-6-8-16(21)3/h6-14,17H,5H2,1-4H3,(H,23,25)/b14-11+/t17-/m0/s1. The Kier molecular flexibility index (Phi) is 7.17. The van der Waals surface area contributed by atoms with Gasteiger partial charge in [0.1, 0.15) is 5.75 Å². The second-order valence-corrected chi connectivity index (χ2v) is 6.17. The second-order valence-electron chi connectivity index (χ2n) is 6.17. The lowest BCUT2D eigenvalue weighted by molar-refractivity contribution is -0.148. The lowest BCUT2D eigenvalue weighted by Gasteiger charge is -2.15. The fourth-order valence-electron chi connectivity index (χ4n) is 2.51.